The van der Waals surface area contributed by atoms with Crippen molar-refractivity contribution < 1.29 is 4.42 Å². The molecular weight excluding hydrogens is 705 g/mol. The van der Waals surface area contributed by atoms with Crippen LogP contribution in [-0.2, 0) is 5.41 Å². The van der Waals surface area contributed by atoms with Gasteiger partial charge in [0.05, 0.1) is 11.4 Å². The van der Waals surface area contributed by atoms with Crippen molar-refractivity contribution in [2.45, 2.75) is 19.3 Å². The van der Waals surface area contributed by atoms with Gasteiger partial charge in [0, 0.05) is 38.4 Å². The molecule has 1 aliphatic carbocycles. The first kappa shape index (κ1) is 33.9. The third-order valence-electron chi connectivity index (χ3n) is 11.9. The van der Waals surface area contributed by atoms with Crippen LogP contribution in [0.15, 0.2) is 199 Å². The Morgan fingerprint density at radius 2 is 0.914 bits per heavy atom. The van der Waals surface area contributed by atoms with E-state index in [0.717, 1.165) is 72.3 Å². The van der Waals surface area contributed by atoms with Gasteiger partial charge in [-0.15, -0.1) is 0 Å². The van der Waals surface area contributed by atoms with Gasteiger partial charge in [0.25, 0.3) is 0 Å². The summed E-state index contributed by atoms with van der Waals surface area (Å²) in [6.07, 6.45) is 0. The summed E-state index contributed by atoms with van der Waals surface area (Å²) in [5.74, 6) is 0.690. The number of aromatic nitrogens is 2. The van der Waals surface area contributed by atoms with Gasteiger partial charge in [-0.05, 0) is 86.5 Å². The predicted molar refractivity (Wildman–Crippen MR) is 239 cm³/mol. The third-order valence-corrected chi connectivity index (χ3v) is 11.9. The van der Waals surface area contributed by atoms with Crippen LogP contribution in [0.4, 0.5) is 0 Å². The first-order chi connectivity index (χ1) is 28.5. The van der Waals surface area contributed by atoms with Gasteiger partial charge >= 0.3 is 0 Å². The summed E-state index contributed by atoms with van der Waals surface area (Å²) in [6.45, 7) is 4.65. The molecule has 0 atom stereocenters. The fraction of sp³-hybridized carbons (Fsp3) is 0.0545. The monoisotopic (exact) mass is 742 g/mol. The Hall–Kier alpha value is -7.36. The lowest BCUT2D eigenvalue weighted by Gasteiger charge is -2.22. The molecular formula is C55H38N2O. The maximum Gasteiger partial charge on any atom is 0.160 e. The van der Waals surface area contributed by atoms with E-state index in [2.05, 4.69) is 178 Å². The molecule has 0 bridgehead atoms. The second-order valence-electron chi connectivity index (χ2n) is 15.8. The highest BCUT2D eigenvalue weighted by Gasteiger charge is 2.35. The Kier molecular flexibility index (Phi) is 7.84. The van der Waals surface area contributed by atoms with E-state index in [1.54, 1.807) is 0 Å². The van der Waals surface area contributed by atoms with Gasteiger partial charge in [-0.1, -0.05) is 172 Å². The zero-order valence-electron chi connectivity index (χ0n) is 32.3. The predicted octanol–water partition coefficient (Wildman–Crippen LogP) is 14.7. The summed E-state index contributed by atoms with van der Waals surface area (Å²) in [6, 6.07) is 69.0. The molecule has 58 heavy (non-hydrogen) atoms. The van der Waals surface area contributed by atoms with Gasteiger partial charge in [-0.3, -0.25) is 0 Å². The largest absolute Gasteiger partial charge is 0.455 e. The van der Waals surface area contributed by atoms with E-state index < -0.39 is 0 Å². The van der Waals surface area contributed by atoms with Crippen LogP contribution in [0.1, 0.15) is 25.0 Å². The molecule has 10 aromatic rings. The number of rotatable bonds is 6. The molecule has 0 amide bonds. The Bertz CT molecular complexity index is 3180. The van der Waals surface area contributed by atoms with Gasteiger partial charge in [-0.25, -0.2) is 9.97 Å². The highest BCUT2D eigenvalue weighted by atomic mass is 16.3. The van der Waals surface area contributed by atoms with E-state index in [1.807, 2.05) is 30.3 Å². The average molecular weight is 743 g/mol. The number of nitrogens with zero attached hydrogens (tertiary/aromatic N) is 2. The number of hydrogen-bond donors (Lipinski definition) is 0. The quantitative estimate of drug-likeness (QED) is 0.170. The maximum absolute atomic E-state index is 6.60. The van der Waals surface area contributed by atoms with Crippen LogP contribution in [-0.4, -0.2) is 9.97 Å². The highest BCUT2D eigenvalue weighted by molar-refractivity contribution is 6.10. The molecule has 8 aromatic carbocycles. The average Bonchev–Trinajstić information content (AvgIpc) is 3.78. The number of furan rings is 1. The minimum absolute atomic E-state index is 0.128. The van der Waals surface area contributed by atoms with Crippen LogP contribution in [0.5, 0.6) is 0 Å². The number of benzene rings is 8. The summed E-state index contributed by atoms with van der Waals surface area (Å²) < 4.78 is 6.60. The molecule has 2 heterocycles. The second kappa shape index (κ2) is 13.4. The van der Waals surface area contributed by atoms with E-state index in [0.29, 0.717) is 5.82 Å². The molecule has 1 aliphatic rings. The molecule has 0 unspecified atom stereocenters. The number of hydrogen-bond acceptors (Lipinski definition) is 3. The number of fused-ring (bicyclic) bond motifs is 6. The van der Waals surface area contributed by atoms with Crippen LogP contribution >= 0.6 is 0 Å². The molecule has 3 nitrogen and oxygen atoms in total. The molecule has 11 rings (SSSR count). The normalized spacial score (nSPS) is 12.8. The Balaban J connectivity index is 1.12. The lowest BCUT2D eigenvalue weighted by Crippen LogP contribution is -2.14. The first-order valence-corrected chi connectivity index (χ1v) is 19.9. The van der Waals surface area contributed by atoms with Gasteiger partial charge < -0.3 is 4.42 Å². The SMILES string of the molecule is CC1(C)c2ccccc2-c2ccc(-c3cc(-c4cc(-c5ccc(-c6ccccc6)cc5)cc(-c5cccc6c5oc5ccccc56)c4)nc(-c4ccccc4)n3)cc21. The highest BCUT2D eigenvalue weighted by Crippen LogP contribution is 2.49. The van der Waals surface area contributed by atoms with Crippen LogP contribution in [0.25, 0.3) is 100 Å². The van der Waals surface area contributed by atoms with Gasteiger partial charge in [0.2, 0.25) is 0 Å². The van der Waals surface area contributed by atoms with Crippen molar-refractivity contribution in [3.8, 4) is 78.4 Å². The molecule has 0 saturated carbocycles. The van der Waals surface area contributed by atoms with Crippen LogP contribution in [0.3, 0.4) is 0 Å². The lowest BCUT2D eigenvalue weighted by atomic mass is 9.82. The smallest absolute Gasteiger partial charge is 0.160 e. The van der Waals surface area contributed by atoms with Crippen molar-refractivity contribution in [2.24, 2.45) is 0 Å². The molecule has 0 aliphatic heterocycles. The van der Waals surface area contributed by atoms with Gasteiger partial charge in [0.1, 0.15) is 11.2 Å². The lowest BCUT2D eigenvalue weighted by molar-refractivity contribution is 0.660. The summed E-state index contributed by atoms with van der Waals surface area (Å²) in [4.78, 5) is 10.6. The molecule has 0 fully saturated rings. The van der Waals surface area contributed by atoms with E-state index in [1.165, 1.54) is 33.4 Å². The number of para-hydroxylation sites is 2. The van der Waals surface area contributed by atoms with E-state index in [9.17, 15) is 0 Å². The van der Waals surface area contributed by atoms with Crippen molar-refractivity contribution >= 4 is 21.9 Å². The second-order valence-corrected chi connectivity index (χ2v) is 15.8. The fourth-order valence-electron chi connectivity index (χ4n) is 8.88. The van der Waals surface area contributed by atoms with Crippen molar-refractivity contribution in [1.29, 1.82) is 0 Å². The zero-order valence-corrected chi connectivity index (χ0v) is 32.3. The molecule has 274 valence electrons. The summed E-state index contributed by atoms with van der Waals surface area (Å²) >= 11 is 0. The van der Waals surface area contributed by atoms with Crippen molar-refractivity contribution in [2.75, 3.05) is 0 Å². The maximum atomic E-state index is 6.60. The van der Waals surface area contributed by atoms with Crippen molar-refractivity contribution in [1.82, 2.24) is 9.97 Å². The molecule has 0 spiro atoms. The molecule has 2 aromatic heterocycles. The Morgan fingerprint density at radius 1 is 0.362 bits per heavy atom. The van der Waals surface area contributed by atoms with E-state index in [4.69, 9.17) is 14.4 Å². The Morgan fingerprint density at radius 3 is 1.71 bits per heavy atom. The standard InChI is InChI=1S/C55H38N2O/c1-55(2)48-22-11-9-18-44(48)45-29-28-39(33-49(45)55)50-34-51(57-54(56-50)38-16-7-4-8-17-38)42-31-40(37-26-24-36(25-27-37)35-14-5-3-6-15-35)30-41(32-42)43-20-13-21-47-46-19-10-12-23-52(46)58-53(43)47/h3-34H,1-2H3. The van der Waals surface area contributed by atoms with Crippen molar-refractivity contribution in [3.63, 3.8) is 0 Å². The topological polar surface area (TPSA) is 38.9 Å². The molecule has 0 N–H and O–H groups in total. The van der Waals surface area contributed by atoms with Gasteiger partial charge in [-0.2, -0.15) is 0 Å². The summed E-state index contributed by atoms with van der Waals surface area (Å²) in [5.41, 5.74) is 18.4. The first-order valence-electron chi connectivity index (χ1n) is 19.9. The molecule has 3 heteroatoms. The summed E-state index contributed by atoms with van der Waals surface area (Å²) in [5, 5.41) is 2.21. The van der Waals surface area contributed by atoms with E-state index >= 15 is 0 Å². The van der Waals surface area contributed by atoms with Crippen LogP contribution in [0, 0.1) is 0 Å². The van der Waals surface area contributed by atoms with Crippen LogP contribution in [0.2, 0.25) is 0 Å². The fourth-order valence-corrected chi connectivity index (χ4v) is 8.88. The summed E-state index contributed by atoms with van der Waals surface area (Å²) in [7, 11) is 0. The minimum Gasteiger partial charge on any atom is -0.455 e. The minimum atomic E-state index is -0.128. The molecule has 0 saturated heterocycles. The Labute approximate surface area is 338 Å². The van der Waals surface area contributed by atoms with Gasteiger partial charge in [0.15, 0.2) is 5.82 Å². The van der Waals surface area contributed by atoms with Crippen molar-refractivity contribution in [3.05, 3.63) is 205 Å². The molecule has 0 radical (unpaired) electrons. The third kappa shape index (κ3) is 5.66. The zero-order chi connectivity index (χ0) is 38.8. The van der Waals surface area contributed by atoms with E-state index in [-0.39, 0.29) is 5.41 Å². The van der Waals surface area contributed by atoms with Crippen LogP contribution < -0.4 is 0 Å².